The summed E-state index contributed by atoms with van der Waals surface area (Å²) in [6.07, 6.45) is 5.30. The predicted molar refractivity (Wildman–Crippen MR) is 237 cm³/mol. The smallest absolute Gasteiger partial charge is 0.164 e. The van der Waals surface area contributed by atoms with E-state index >= 15 is 0 Å². The molecule has 2 aromatic heterocycles. The molecule has 0 fully saturated rings. The normalized spacial score (nSPS) is 11.3. The Kier molecular flexibility index (Phi) is 9.87. The first-order chi connectivity index (χ1) is 28.6. The van der Waals surface area contributed by atoms with Crippen LogP contribution in [-0.4, -0.2) is 29.9 Å². The molecule has 0 unspecified atom stereocenters. The van der Waals surface area contributed by atoms with E-state index in [9.17, 15) is 0 Å². The second-order valence-corrected chi connectivity index (χ2v) is 13.6. The highest BCUT2D eigenvalue weighted by molar-refractivity contribution is 6.05. The van der Waals surface area contributed by atoms with E-state index in [0.29, 0.717) is 34.9 Å². The van der Waals surface area contributed by atoms with Gasteiger partial charge < -0.3 is 0 Å². The highest BCUT2D eigenvalue weighted by atomic mass is 15.0. The monoisotopic (exact) mass is 744 g/mol. The van der Waals surface area contributed by atoms with Crippen LogP contribution in [0.25, 0.3) is 95.5 Å². The van der Waals surface area contributed by atoms with E-state index in [0.717, 1.165) is 66.4 Å². The van der Waals surface area contributed by atoms with Crippen LogP contribution in [0.3, 0.4) is 0 Å². The van der Waals surface area contributed by atoms with Gasteiger partial charge >= 0.3 is 0 Å². The van der Waals surface area contributed by atoms with E-state index < -0.39 is 0 Å². The zero-order valence-corrected chi connectivity index (χ0v) is 31.6. The molecule has 0 N–H and O–H groups in total. The van der Waals surface area contributed by atoms with E-state index in [4.69, 9.17) is 29.9 Å². The average molecular weight is 745 g/mol. The third kappa shape index (κ3) is 7.26. The van der Waals surface area contributed by atoms with Gasteiger partial charge in [-0.15, -0.1) is 0 Å². The molecule has 0 atom stereocenters. The molecule has 6 heteroatoms. The van der Waals surface area contributed by atoms with Crippen LogP contribution in [0.2, 0.25) is 0 Å². The summed E-state index contributed by atoms with van der Waals surface area (Å²) in [7, 11) is 0. The van der Waals surface area contributed by atoms with Gasteiger partial charge in [-0.05, 0) is 33.0 Å². The molecular formula is C52H36N6. The van der Waals surface area contributed by atoms with E-state index in [2.05, 4.69) is 98.1 Å². The van der Waals surface area contributed by atoms with E-state index in [1.54, 1.807) is 12.2 Å². The van der Waals surface area contributed by atoms with Gasteiger partial charge in [0.25, 0.3) is 0 Å². The molecule has 7 aromatic carbocycles. The summed E-state index contributed by atoms with van der Waals surface area (Å²) in [4.78, 5) is 29.2. The fourth-order valence-electron chi connectivity index (χ4n) is 7.05. The lowest BCUT2D eigenvalue weighted by atomic mass is 9.91. The Morgan fingerprint density at radius 2 is 0.638 bits per heavy atom. The Labute approximate surface area is 337 Å². The summed E-state index contributed by atoms with van der Waals surface area (Å²) in [5.74, 6) is 3.63. The van der Waals surface area contributed by atoms with Gasteiger partial charge in [-0.25, -0.2) is 29.9 Å². The highest BCUT2D eigenvalue weighted by Crippen LogP contribution is 2.37. The van der Waals surface area contributed by atoms with Crippen molar-refractivity contribution in [1.29, 1.82) is 0 Å². The number of hydrogen-bond acceptors (Lipinski definition) is 6. The fourth-order valence-corrected chi connectivity index (χ4v) is 7.05. The van der Waals surface area contributed by atoms with Gasteiger partial charge in [0.15, 0.2) is 34.9 Å². The van der Waals surface area contributed by atoms with Crippen molar-refractivity contribution in [3.63, 3.8) is 0 Å². The summed E-state index contributed by atoms with van der Waals surface area (Å²) in [5.41, 5.74) is 9.85. The Balaban J connectivity index is 1.05. The number of rotatable bonds is 10. The molecule has 0 radical (unpaired) electrons. The molecule has 0 aliphatic heterocycles. The second-order valence-electron chi connectivity index (χ2n) is 13.6. The molecule has 274 valence electrons. The molecule has 9 rings (SSSR count). The van der Waals surface area contributed by atoms with Gasteiger partial charge in [-0.1, -0.05) is 207 Å². The molecule has 0 bridgehead atoms. The van der Waals surface area contributed by atoms with Crippen molar-refractivity contribution in [2.75, 3.05) is 0 Å². The highest BCUT2D eigenvalue weighted by Gasteiger charge is 2.16. The van der Waals surface area contributed by atoms with Crippen LogP contribution in [0.5, 0.6) is 0 Å². The molecule has 0 saturated carbocycles. The lowest BCUT2D eigenvalue weighted by Crippen LogP contribution is -2.02. The van der Waals surface area contributed by atoms with Crippen LogP contribution < -0.4 is 0 Å². The zero-order chi connectivity index (χ0) is 39.3. The molecule has 0 spiro atoms. The Morgan fingerprint density at radius 1 is 0.328 bits per heavy atom. The van der Waals surface area contributed by atoms with E-state index in [-0.39, 0.29) is 0 Å². The molecule has 0 aliphatic carbocycles. The molecule has 0 aliphatic rings. The largest absolute Gasteiger partial charge is 0.208 e. The first-order valence-electron chi connectivity index (χ1n) is 19.0. The van der Waals surface area contributed by atoms with Crippen molar-refractivity contribution in [1.82, 2.24) is 29.9 Å². The Morgan fingerprint density at radius 3 is 0.983 bits per heavy atom. The number of hydrogen-bond donors (Lipinski definition) is 0. The van der Waals surface area contributed by atoms with E-state index in [1.807, 2.05) is 97.1 Å². The summed E-state index contributed by atoms with van der Waals surface area (Å²) in [6.45, 7) is 7.83. The Bertz CT molecular complexity index is 2880. The van der Waals surface area contributed by atoms with Crippen molar-refractivity contribution in [2.24, 2.45) is 0 Å². The van der Waals surface area contributed by atoms with Gasteiger partial charge in [0, 0.05) is 33.4 Å². The minimum absolute atomic E-state index is 0.541. The van der Waals surface area contributed by atoms with Crippen molar-refractivity contribution < 1.29 is 0 Å². The van der Waals surface area contributed by atoms with Crippen LogP contribution in [0.15, 0.2) is 207 Å². The van der Waals surface area contributed by atoms with Crippen molar-refractivity contribution in [3.05, 3.63) is 213 Å². The summed E-state index contributed by atoms with van der Waals surface area (Å²) in [5, 5.41) is 2.32. The van der Waals surface area contributed by atoms with Crippen LogP contribution >= 0.6 is 0 Å². The van der Waals surface area contributed by atoms with Gasteiger partial charge in [0.05, 0.1) is 0 Å². The number of nitrogens with zero attached hydrogens (tertiary/aromatic N) is 6. The summed E-state index contributed by atoms with van der Waals surface area (Å²) < 4.78 is 0. The maximum absolute atomic E-state index is 4.92. The molecule has 58 heavy (non-hydrogen) atoms. The quantitative estimate of drug-likeness (QED) is 0.130. The third-order valence-electron chi connectivity index (χ3n) is 9.97. The molecule has 0 saturated heterocycles. The predicted octanol–water partition coefficient (Wildman–Crippen LogP) is 12.6. The third-order valence-corrected chi connectivity index (χ3v) is 9.97. The minimum Gasteiger partial charge on any atom is -0.208 e. The molecule has 0 amide bonds. The first-order valence-corrected chi connectivity index (χ1v) is 19.0. The van der Waals surface area contributed by atoms with Crippen molar-refractivity contribution in [2.45, 2.75) is 0 Å². The van der Waals surface area contributed by atoms with Crippen LogP contribution in [0.4, 0.5) is 0 Å². The number of fused-ring (bicyclic) bond motifs is 1. The Hall–Kier alpha value is -7.96. The maximum atomic E-state index is 4.92. The summed E-state index contributed by atoms with van der Waals surface area (Å²) in [6, 6.07) is 59.9. The number of aromatic nitrogens is 6. The molecular weight excluding hydrogens is 709 g/mol. The SMILES string of the molecule is C=C/C=C(\C=C)c1nc(-c2ccccc2)nc(-c2ccc(-c3ccc(-c4ccc(-c5nc(-c6ccccc6)nc(-c6ccccc6)n5)cc4)c4ccccc34)cc2)n1. The van der Waals surface area contributed by atoms with Crippen LogP contribution in [0, 0.1) is 0 Å². The maximum Gasteiger partial charge on any atom is 0.164 e. The molecule has 2 heterocycles. The van der Waals surface area contributed by atoms with Crippen LogP contribution in [0.1, 0.15) is 5.82 Å². The second kappa shape index (κ2) is 16.0. The fraction of sp³-hybridized carbons (Fsp3) is 0. The lowest BCUT2D eigenvalue weighted by molar-refractivity contribution is 1.04. The average Bonchev–Trinajstić information content (AvgIpc) is 3.31. The minimum atomic E-state index is 0.541. The van der Waals surface area contributed by atoms with Gasteiger partial charge in [0.1, 0.15) is 0 Å². The topological polar surface area (TPSA) is 77.3 Å². The standard InChI is InChI=1S/C52H36N6/c1-3-16-35(4-2)47-53-48(38-17-8-5-9-18-38)56-51(54-47)41-29-25-36(26-30-41)43-33-34-44(46-24-15-14-23-45(43)46)37-27-31-42(32-28-37)52-57-49(39-19-10-6-11-20-39)55-50(58-52)40-21-12-7-13-22-40/h3-34H,1-2H2/b35-16+. The van der Waals surface area contributed by atoms with E-state index in [1.165, 1.54) is 0 Å². The number of allylic oxidation sites excluding steroid dienone is 4. The lowest BCUT2D eigenvalue weighted by Gasteiger charge is -2.13. The first kappa shape index (κ1) is 35.7. The molecule has 9 aromatic rings. The molecule has 6 nitrogen and oxygen atoms in total. The zero-order valence-electron chi connectivity index (χ0n) is 31.6. The number of benzene rings is 7. The van der Waals surface area contributed by atoms with Gasteiger partial charge in [-0.2, -0.15) is 0 Å². The van der Waals surface area contributed by atoms with Crippen molar-refractivity contribution >= 4 is 16.3 Å². The van der Waals surface area contributed by atoms with Gasteiger partial charge in [-0.3, -0.25) is 0 Å². The summed E-state index contributed by atoms with van der Waals surface area (Å²) >= 11 is 0. The van der Waals surface area contributed by atoms with Crippen LogP contribution in [-0.2, 0) is 0 Å². The van der Waals surface area contributed by atoms with Gasteiger partial charge in [0.2, 0.25) is 0 Å². The van der Waals surface area contributed by atoms with Crippen molar-refractivity contribution in [3.8, 4) is 79.2 Å².